The minimum Gasteiger partial charge on any atom is -0.352 e. The van der Waals surface area contributed by atoms with Crippen LogP contribution in [-0.2, 0) is 4.79 Å². The molecule has 0 bridgehead atoms. The maximum atomic E-state index is 12.6. The van der Waals surface area contributed by atoms with Crippen LogP contribution in [0.25, 0.3) is 5.65 Å². The van der Waals surface area contributed by atoms with Crippen LogP contribution in [0.2, 0.25) is 0 Å². The number of amides is 1. The lowest BCUT2D eigenvalue weighted by Gasteiger charge is -2.20. The van der Waals surface area contributed by atoms with E-state index in [0.29, 0.717) is 12.2 Å². The summed E-state index contributed by atoms with van der Waals surface area (Å²) in [6, 6.07) is 1.69. The Balaban J connectivity index is 1.76. The number of carbonyl (C=O) groups is 1. The summed E-state index contributed by atoms with van der Waals surface area (Å²) in [5.74, 6) is 0.737. The molecule has 1 aliphatic rings. The van der Waals surface area contributed by atoms with Crippen LogP contribution in [0.1, 0.15) is 20.8 Å². The molecule has 0 unspecified atom stereocenters. The Bertz CT molecular complexity index is 778. The summed E-state index contributed by atoms with van der Waals surface area (Å²) < 4.78 is 1.81. The van der Waals surface area contributed by atoms with E-state index in [0.717, 1.165) is 12.4 Å². The Labute approximate surface area is 140 Å². The fraction of sp³-hybridized carbons (Fsp3) is 0.562. The first-order chi connectivity index (χ1) is 11.5. The minimum absolute atomic E-state index is 0.0707. The molecule has 1 saturated heterocycles. The Morgan fingerprint density at radius 3 is 2.96 bits per heavy atom. The highest BCUT2D eigenvalue weighted by Gasteiger charge is 2.37. The minimum atomic E-state index is -0.461. The highest BCUT2D eigenvalue weighted by molar-refractivity contribution is 5.81. The smallest absolute Gasteiger partial charge is 0.226 e. The quantitative estimate of drug-likeness (QED) is 0.894. The summed E-state index contributed by atoms with van der Waals surface area (Å²) in [6.07, 6.45) is 5.13. The summed E-state index contributed by atoms with van der Waals surface area (Å²) >= 11 is 0. The van der Waals surface area contributed by atoms with Crippen LogP contribution in [0.15, 0.2) is 18.7 Å². The molecule has 3 atom stereocenters. The van der Waals surface area contributed by atoms with Gasteiger partial charge in [-0.15, -0.1) is 10.2 Å². The van der Waals surface area contributed by atoms with Crippen LogP contribution in [-0.4, -0.2) is 44.6 Å². The van der Waals surface area contributed by atoms with Crippen LogP contribution in [0.4, 0.5) is 5.82 Å². The van der Waals surface area contributed by atoms with E-state index in [1.165, 1.54) is 0 Å². The van der Waals surface area contributed by atoms with Crippen LogP contribution in [0.3, 0.4) is 0 Å². The molecule has 1 amide bonds. The maximum Gasteiger partial charge on any atom is 0.226 e. The molecule has 0 aromatic carbocycles. The summed E-state index contributed by atoms with van der Waals surface area (Å²) in [7, 11) is 0. The van der Waals surface area contributed by atoms with Gasteiger partial charge in [-0.05, 0) is 11.8 Å². The number of anilines is 1. The van der Waals surface area contributed by atoms with Crippen molar-refractivity contribution in [2.45, 2.75) is 26.8 Å². The Morgan fingerprint density at radius 2 is 2.25 bits per heavy atom. The fourth-order valence-corrected chi connectivity index (χ4v) is 3.06. The number of hydrogen-bond acceptors (Lipinski definition) is 6. The molecule has 0 aliphatic carbocycles. The Hall–Kier alpha value is -2.69. The molecule has 8 heteroatoms. The van der Waals surface area contributed by atoms with E-state index in [-0.39, 0.29) is 23.7 Å². The molecule has 1 aliphatic heterocycles. The number of aromatic nitrogens is 4. The maximum absolute atomic E-state index is 12.6. The predicted molar refractivity (Wildman–Crippen MR) is 88.0 cm³/mol. The highest BCUT2D eigenvalue weighted by atomic mass is 16.2. The lowest BCUT2D eigenvalue weighted by Crippen LogP contribution is -2.42. The number of rotatable bonds is 4. The Morgan fingerprint density at radius 1 is 1.46 bits per heavy atom. The first-order valence-electron chi connectivity index (χ1n) is 8.10. The zero-order valence-electron chi connectivity index (χ0n) is 14.0. The van der Waals surface area contributed by atoms with E-state index in [4.69, 9.17) is 0 Å². The second kappa shape index (κ2) is 6.43. The third kappa shape index (κ3) is 2.89. The standard InChI is InChI=1S/C16H21N7O/c1-10(2)13(6-17)20-16(24)12-8-23(7-11(12)3)14-15-21-19-9-22(15)5-4-18-14/h4-5,9-13H,7-8H2,1-3H3,(H,20,24)/t11-,12-,13+/m1/s1. The van der Waals surface area contributed by atoms with Gasteiger partial charge in [0.05, 0.1) is 12.0 Å². The van der Waals surface area contributed by atoms with E-state index in [1.807, 2.05) is 25.2 Å². The normalized spacial score (nSPS) is 21.9. The van der Waals surface area contributed by atoms with Gasteiger partial charge in [-0.25, -0.2) is 4.98 Å². The van der Waals surface area contributed by atoms with Gasteiger partial charge in [0.1, 0.15) is 12.4 Å². The first kappa shape index (κ1) is 16.2. The summed E-state index contributed by atoms with van der Waals surface area (Å²) in [5.41, 5.74) is 0.683. The van der Waals surface area contributed by atoms with Gasteiger partial charge < -0.3 is 10.2 Å². The third-order valence-corrected chi connectivity index (χ3v) is 4.55. The number of fused-ring (bicyclic) bond motifs is 1. The average molecular weight is 327 g/mol. The summed E-state index contributed by atoms with van der Waals surface area (Å²) in [5, 5.41) is 20.1. The summed E-state index contributed by atoms with van der Waals surface area (Å²) in [4.78, 5) is 19.1. The van der Waals surface area contributed by atoms with Crippen molar-refractivity contribution >= 4 is 17.4 Å². The highest BCUT2D eigenvalue weighted by Crippen LogP contribution is 2.29. The molecule has 1 fully saturated rings. The molecule has 3 heterocycles. The molecule has 1 N–H and O–H groups in total. The third-order valence-electron chi connectivity index (χ3n) is 4.55. The van der Waals surface area contributed by atoms with E-state index < -0.39 is 6.04 Å². The van der Waals surface area contributed by atoms with Gasteiger partial charge in [-0.1, -0.05) is 20.8 Å². The van der Waals surface area contributed by atoms with Gasteiger partial charge in [0.2, 0.25) is 11.6 Å². The van der Waals surface area contributed by atoms with Crippen molar-refractivity contribution in [3.05, 3.63) is 18.7 Å². The monoisotopic (exact) mass is 327 g/mol. The summed E-state index contributed by atoms with van der Waals surface area (Å²) in [6.45, 7) is 7.17. The van der Waals surface area contributed by atoms with Crippen LogP contribution >= 0.6 is 0 Å². The lowest BCUT2D eigenvalue weighted by molar-refractivity contribution is -0.126. The van der Waals surface area contributed by atoms with Gasteiger partial charge in [-0.2, -0.15) is 5.26 Å². The number of nitriles is 1. The van der Waals surface area contributed by atoms with Crippen molar-refractivity contribution in [1.29, 1.82) is 5.26 Å². The van der Waals surface area contributed by atoms with E-state index in [9.17, 15) is 10.1 Å². The van der Waals surface area contributed by atoms with Crippen molar-refractivity contribution in [1.82, 2.24) is 24.9 Å². The SMILES string of the molecule is CC(C)[C@H](C#N)NC(=O)[C@@H]1CN(c2nccn3cnnc23)C[C@H]1C. The van der Waals surface area contributed by atoms with Gasteiger partial charge in [-0.3, -0.25) is 9.20 Å². The molecule has 0 radical (unpaired) electrons. The van der Waals surface area contributed by atoms with E-state index in [1.54, 1.807) is 18.7 Å². The molecule has 0 saturated carbocycles. The van der Waals surface area contributed by atoms with Crippen molar-refractivity contribution in [3.8, 4) is 6.07 Å². The van der Waals surface area contributed by atoms with Crippen molar-refractivity contribution in [2.24, 2.45) is 17.8 Å². The molecular formula is C16H21N7O. The molecular weight excluding hydrogens is 306 g/mol. The number of carbonyl (C=O) groups excluding carboxylic acids is 1. The molecule has 2 aromatic heterocycles. The van der Waals surface area contributed by atoms with Gasteiger partial charge in [0.25, 0.3) is 0 Å². The second-order valence-corrected chi connectivity index (χ2v) is 6.66. The van der Waals surface area contributed by atoms with Crippen molar-refractivity contribution in [2.75, 3.05) is 18.0 Å². The van der Waals surface area contributed by atoms with Crippen LogP contribution in [0.5, 0.6) is 0 Å². The van der Waals surface area contributed by atoms with Crippen LogP contribution in [0, 0.1) is 29.1 Å². The lowest BCUT2D eigenvalue weighted by atomic mass is 9.96. The molecule has 2 aromatic rings. The topological polar surface area (TPSA) is 99.2 Å². The largest absolute Gasteiger partial charge is 0.352 e. The molecule has 3 rings (SSSR count). The van der Waals surface area contributed by atoms with Crippen molar-refractivity contribution < 1.29 is 4.79 Å². The number of nitrogens with one attached hydrogen (secondary N) is 1. The van der Waals surface area contributed by atoms with E-state index >= 15 is 0 Å². The van der Waals surface area contributed by atoms with Gasteiger partial charge in [0.15, 0.2) is 5.82 Å². The molecule has 126 valence electrons. The van der Waals surface area contributed by atoms with E-state index in [2.05, 4.69) is 31.5 Å². The zero-order chi connectivity index (χ0) is 17.3. The molecule has 24 heavy (non-hydrogen) atoms. The van der Waals surface area contributed by atoms with Gasteiger partial charge in [0, 0.05) is 25.5 Å². The zero-order valence-corrected chi connectivity index (χ0v) is 14.0. The molecule has 0 spiro atoms. The average Bonchev–Trinajstić information content (AvgIpc) is 3.18. The Kier molecular flexibility index (Phi) is 4.34. The number of hydrogen-bond donors (Lipinski definition) is 1. The fourth-order valence-electron chi connectivity index (χ4n) is 3.06. The van der Waals surface area contributed by atoms with Crippen molar-refractivity contribution in [3.63, 3.8) is 0 Å². The van der Waals surface area contributed by atoms with Gasteiger partial charge >= 0.3 is 0 Å². The number of nitrogens with zero attached hydrogens (tertiary/aromatic N) is 6. The van der Waals surface area contributed by atoms with Crippen LogP contribution < -0.4 is 10.2 Å². The second-order valence-electron chi connectivity index (χ2n) is 6.66. The molecule has 8 nitrogen and oxygen atoms in total. The first-order valence-corrected chi connectivity index (χ1v) is 8.10. The predicted octanol–water partition coefficient (Wildman–Crippen LogP) is 0.861.